The van der Waals surface area contributed by atoms with E-state index >= 15 is 0 Å². The second-order valence-corrected chi connectivity index (χ2v) is 7.25. The van der Waals surface area contributed by atoms with Crippen LogP contribution in [0.1, 0.15) is 43.6 Å². The second kappa shape index (κ2) is 7.31. The zero-order chi connectivity index (χ0) is 19.0. The summed E-state index contributed by atoms with van der Waals surface area (Å²) in [6.45, 7) is 2.90. The number of benzene rings is 2. The van der Waals surface area contributed by atoms with Gasteiger partial charge in [-0.15, -0.1) is 0 Å². The van der Waals surface area contributed by atoms with E-state index < -0.39 is 0 Å². The maximum Gasteiger partial charge on any atom is 0.222 e. The summed E-state index contributed by atoms with van der Waals surface area (Å²) in [5, 5.41) is 0.395. The Bertz CT molecular complexity index is 980. The van der Waals surface area contributed by atoms with Gasteiger partial charge in [-0.25, -0.2) is 9.37 Å². The number of hydrogen-bond acceptors (Lipinski definition) is 2. The van der Waals surface area contributed by atoms with Gasteiger partial charge in [-0.05, 0) is 37.1 Å². The molecule has 6 heteroatoms. The first-order valence-electron chi connectivity index (χ1n) is 9.27. The van der Waals surface area contributed by atoms with Gasteiger partial charge in [0, 0.05) is 23.6 Å². The van der Waals surface area contributed by atoms with E-state index in [4.69, 9.17) is 16.6 Å². The van der Waals surface area contributed by atoms with E-state index in [0.29, 0.717) is 17.0 Å². The monoisotopic (exact) mass is 385 g/mol. The number of likely N-dealkylation sites (tertiary alicyclic amines) is 1. The molecule has 0 unspecified atom stereocenters. The van der Waals surface area contributed by atoms with Gasteiger partial charge >= 0.3 is 0 Å². The minimum absolute atomic E-state index is 0.0876. The fourth-order valence-electron chi connectivity index (χ4n) is 3.89. The number of carbonyl (C=O) groups is 1. The van der Waals surface area contributed by atoms with Crippen LogP contribution in [0.4, 0.5) is 4.39 Å². The molecule has 1 atom stereocenters. The number of imidazole rings is 1. The van der Waals surface area contributed by atoms with Gasteiger partial charge in [-0.1, -0.05) is 36.7 Å². The van der Waals surface area contributed by atoms with Gasteiger partial charge in [0.15, 0.2) is 0 Å². The standard InChI is InChI=1S/C21H21ClFN3O/c1-2-20(27)25-12-6-11-19(25)21-24-17-9-3-4-10-18(17)26(21)13-14-15(22)7-5-8-16(14)23/h3-5,7-10,19H,2,6,11-13H2,1H3/t19-/m1/s1. The number of aromatic nitrogens is 2. The number of para-hydroxylation sites is 2. The van der Waals surface area contributed by atoms with Crippen LogP contribution in [0.25, 0.3) is 11.0 Å². The zero-order valence-corrected chi connectivity index (χ0v) is 15.9. The molecule has 0 saturated carbocycles. The summed E-state index contributed by atoms with van der Waals surface area (Å²) in [5.41, 5.74) is 2.20. The van der Waals surface area contributed by atoms with Crippen molar-refractivity contribution in [1.29, 1.82) is 0 Å². The van der Waals surface area contributed by atoms with Crippen molar-refractivity contribution >= 4 is 28.5 Å². The molecule has 4 nitrogen and oxygen atoms in total. The van der Waals surface area contributed by atoms with Gasteiger partial charge in [-0.3, -0.25) is 4.79 Å². The molecule has 2 heterocycles. The van der Waals surface area contributed by atoms with Crippen molar-refractivity contribution in [3.63, 3.8) is 0 Å². The summed E-state index contributed by atoms with van der Waals surface area (Å²) < 4.78 is 16.4. The van der Waals surface area contributed by atoms with Crippen LogP contribution in [0.3, 0.4) is 0 Å². The molecule has 1 aliphatic rings. The molecule has 1 fully saturated rings. The van der Waals surface area contributed by atoms with Crippen molar-refractivity contribution < 1.29 is 9.18 Å². The van der Waals surface area contributed by atoms with Gasteiger partial charge in [-0.2, -0.15) is 0 Å². The van der Waals surface area contributed by atoms with Gasteiger partial charge in [0.1, 0.15) is 11.6 Å². The first-order valence-corrected chi connectivity index (χ1v) is 9.65. The number of amides is 1. The third kappa shape index (κ3) is 3.21. The van der Waals surface area contributed by atoms with Crippen LogP contribution in [-0.4, -0.2) is 26.9 Å². The Morgan fingerprint density at radius 1 is 1.26 bits per heavy atom. The molecule has 0 bridgehead atoms. The Morgan fingerprint density at radius 2 is 2.07 bits per heavy atom. The fourth-order valence-corrected chi connectivity index (χ4v) is 4.12. The average molecular weight is 386 g/mol. The highest BCUT2D eigenvalue weighted by Gasteiger charge is 2.33. The molecule has 2 aromatic carbocycles. The minimum atomic E-state index is -0.334. The molecular weight excluding hydrogens is 365 g/mol. The number of halogens is 2. The number of rotatable bonds is 4. The van der Waals surface area contributed by atoms with Gasteiger partial charge < -0.3 is 9.47 Å². The van der Waals surface area contributed by atoms with Gasteiger partial charge in [0.25, 0.3) is 0 Å². The molecule has 0 radical (unpaired) electrons. The van der Waals surface area contributed by atoms with Gasteiger partial charge in [0.05, 0.1) is 23.6 Å². The van der Waals surface area contributed by atoms with Crippen LogP contribution in [0.15, 0.2) is 42.5 Å². The summed E-state index contributed by atoms with van der Waals surface area (Å²) in [6, 6.07) is 12.4. The van der Waals surface area contributed by atoms with Crippen LogP contribution in [0.5, 0.6) is 0 Å². The molecular formula is C21H21ClFN3O. The molecule has 0 spiro atoms. The van der Waals surface area contributed by atoms with E-state index in [1.54, 1.807) is 12.1 Å². The summed E-state index contributed by atoms with van der Waals surface area (Å²) >= 11 is 6.27. The van der Waals surface area contributed by atoms with Crippen LogP contribution >= 0.6 is 11.6 Å². The van der Waals surface area contributed by atoms with Crippen molar-refractivity contribution in [2.75, 3.05) is 6.54 Å². The predicted molar refractivity (Wildman–Crippen MR) is 104 cm³/mol. The quantitative estimate of drug-likeness (QED) is 0.637. The normalized spacial score (nSPS) is 17.0. The van der Waals surface area contributed by atoms with E-state index in [-0.39, 0.29) is 24.3 Å². The topological polar surface area (TPSA) is 38.1 Å². The SMILES string of the molecule is CCC(=O)N1CCC[C@@H]1c1nc2ccccc2n1Cc1c(F)cccc1Cl. The van der Waals surface area contributed by atoms with Crippen molar-refractivity contribution in [3.8, 4) is 0 Å². The first-order chi connectivity index (χ1) is 13.1. The molecule has 27 heavy (non-hydrogen) atoms. The molecule has 3 aromatic rings. The summed E-state index contributed by atoms with van der Waals surface area (Å²) in [6.07, 6.45) is 2.27. The molecule has 1 aromatic heterocycles. The highest BCUT2D eigenvalue weighted by molar-refractivity contribution is 6.31. The lowest BCUT2D eigenvalue weighted by Crippen LogP contribution is -2.31. The lowest BCUT2D eigenvalue weighted by Gasteiger charge is -2.25. The number of carbonyl (C=O) groups excluding carboxylic acids is 1. The van der Waals surface area contributed by atoms with Crippen LogP contribution in [0.2, 0.25) is 5.02 Å². The Hall–Kier alpha value is -2.40. The van der Waals surface area contributed by atoms with E-state index in [1.165, 1.54) is 6.07 Å². The molecule has 1 amide bonds. The Morgan fingerprint density at radius 3 is 2.85 bits per heavy atom. The van der Waals surface area contributed by atoms with E-state index in [2.05, 4.69) is 0 Å². The van der Waals surface area contributed by atoms with Gasteiger partial charge in [0.2, 0.25) is 5.91 Å². The maximum atomic E-state index is 14.4. The molecule has 0 N–H and O–H groups in total. The summed E-state index contributed by atoms with van der Waals surface area (Å²) in [4.78, 5) is 19.1. The average Bonchev–Trinajstić information content (AvgIpc) is 3.29. The number of fused-ring (bicyclic) bond motifs is 1. The van der Waals surface area contributed by atoms with Crippen molar-refractivity contribution in [2.45, 2.75) is 38.8 Å². The molecule has 4 rings (SSSR count). The third-order valence-electron chi connectivity index (χ3n) is 5.24. The first kappa shape index (κ1) is 18.0. The van der Waals surface area contributed by atoms with Crippen LogP contribution in [0, 0.1) is 5.82 Å². The molecule has 1 aliphatic heterocycles. The van der Waals surface area contributed by atoms with Crippen molar-refractivity contribution in [3.05, 3.63) is 64.7 Å². The van der Waals surface area contributed by atoms with Crippen molar-refractivity contribution in [1.82, 2.24) is 14.5 Å². The highest BCUT2D eigenvalue weighted by atomic mass is 35.5. The highest BCUT2D eigenvalue weighted by Crippen LogP contribution is 2.35. The molecule has 1 saturated heterocycles. The number of nitrogens with zero attached hydrogens (tertiary/aromatic N) is 3. The van der Waals surface area contributed by atoms with Crippen LogP contribution < -0.4 is 0 Å². The summed E-state index contributed by atoms with van der Waals surface area (Å²) in [7, 11) is 0. The van der Waals surface area contributed by atoms with E-state index in [9.17, 15) is 9.18 Å². The largest absolute Gasteiger partial charge is 0.333 e. The Balaban J connectivity index is 1.84. The zero-order valence-electron chi connectivity index (χ0n) is 15.2. The Kier molecular flexibility index (Phi) is 4.87. The smallest absolute Gasteiger partial charge is 0.222 e. The van der Waals surface area contributed by atoms with Crippen LogP contribution in [-0.2, 0) is 11.3 Å². The lowest BCUT2D eigenvalue weighted by atomic mass is 10.1. The lowest BCUT2D eigenvalue weighted by molar-refractivity contribution is -0.131. The van der Waals surface area contributed by atoms with E-state index in [1.807, 2.05) is 40.7 Å². The maximum absolute atomic E-state index is 14.4. The fraction of sp³-hybridized carbons (Fsp3) is 0.333. The van der Waals surface area contributed by atoms with E-state index in [0.717, 1.165) is 36.2 Å². The predicted octanol–water partition coefficient (Wildman–Crippen LogP) is 4.95. The summed E-state index contributed by atoms with van der Waals surface area (Å²) in [5.74, 6) is 0.592. The molecule has 140 valence electrons. The molecule has 0 aliphatic carbocycles. The van der Waals surface area contributed by atoms with Crippen molar-refractivity contribution in [2.24, 2.45) is 0 Å². The number of hydrogen-bond donors (Lipinski definition) is 0. The minimum Gasteiger partial charge on any atom is -0.333 e. The third-order valence-corrected chi connectivity index (χ3v) is 5.59. The Labute approximate surface area is 162 Å². The second-order valence-electron chi connectivity index (χ2n) is 6.84.